The minimum atomic E-state index is -0.272. The average molecular weight is 407 g/mol. The van der Waals surface area contributed by atoms with E-state index in [2.05, 4.69) is 10.3 Å². The molecule has 0 spiro atoms. The molecule has 0 aliphatic carbocycles. The number of hydrogen-bond donors (Lipinski definition) is 1. The predicted molar refractivity (Wildman–Crippen MR) is 108 cm³/mol. The molecule has 1 heterocycles. The van der Waals surface area contributed by atoms with Crippen molar-refractivity contribution in [2.45, 2.75) is 13.8 Å². The fourth-order valence-electron chi connectivity index (χ4n) is 2.26. The molecule has 0 fully saturated rings. The number of anilines is 1. The summed E-state index contributed by atoms with van der Waals surface area (Å²) in [5, 5.41) is 6.12. The SMILES string of the molecule is Cc1ccc(OCC(=O)Nc2nc(-c3ccc(Cl)cc3Cl)cs2)cc1C. The van der Waals surface area contributed by atoms with Crippen LogP contribution >= 0.6 is 34.5 Å². The standard InChI is InChI=1S/C19H16Cl2N2O2S/c1-11-3-5-14(7-12(11)2)25-9-18(24)23-19-22-17(10-26-19)15-6-4-13(20)8-16(15)21/h3-8,10H,9H2,1-2H3,(H,22,23,24). The molecule has 0 aliphatic rings. The molecule has 0 bridgehead atoms. The van der Waals surface area contributed by atoms with Gasteiger partial charge in [-0.05, 0) is 55.3 Å². The van der Waals surface area contributed by atoms with Crippen LogP contribution in [0, 0.1) is 13.8 Å². The van der Waals surface area contributed by atoms with Gasteiger partial charge in [-0.2, -0.15) is 0 Å². The van der Waals surface area contributed by atoms with Crippen molar-refractivity contribution in [3.8, 4) is 17.0 Å². The summed E-state index contributed by atoms with van der Waals surface area (Å²) in [6.45, 7) is 3.94. The number of carbonyl (C=O) groups is 1. The van der Waals surface area contributed by atoms with E-state index in [4.69, 9.17) is 27.9 Å². The summed E-state index contributed by atoms with van der Waals surface area (Å²) in [7, 11) is 0. The number of halogens is 2. The van der Waals surface area contributed by atoms with E-state index in [1.165, 1.54) is 16.9 Å². The first-order valence-corrected chi connectivity index (χ1v) is 9.47. The van der Waals surface area contributed by atoms with Crippen LogP contribution in [0.2, 0.25) is 10.0 Å². The zero-order valence-electron chi connectivity index (χ0n) is 14.2. The van der Waals surface area contributed by atoms with Crippen molar-refractivity contribution in [3.63, 3.8) is 0 Å². The molecule has 1 amide bonds. The lowest BCUT2D eigenvalue weighted by Gasteiger charge is -2.08. The fraction of sp³-hybridized carbons (Fsp3) is 0.158. The second kappa shape index (κ2) is 8.08. The Kier molecular flexibility index (Phi) is 5.81. The summed E-state index contributed by atoms with van der Waals surface area (Å²) >= 11 is 13.4. The monoisotopic (exact) mass is 406 g/mol. The largest absolute Gasteiger partial charge is 0.484 e. The number of carbonyl (C=O) groups excluding carboxylic acids is 1. The van der Waals surface area contributed by atoms with Gasteiger partial charge < -0.3 is 4.74 Å². The van der Waals surface area contributed by atoms with E-state index in [1.54, 1.807) is 18.2 Å². The van der Waals surface area contributed by atoms with Crippen LogP contribution in [0.5, 0.6) is 5.75 Å². The van der Waals surface area contributed by atoms with Gasteiger partial charge in [0.2, 0.25) is 0 Å². The van der Waals surface area contributed by atoms with Crippen LogP contribution in [0.25, 0.3) is 11.3 Å². The number of ether oxygens (including phenoxy) is 1. The van der Waals surface area contributed by atoms with Crippen molar-refractivity contribution in [1.82, 2.24) is 4.98 Å². The van der Waals surface area contributed by atoms with Crippen molar-refractivity contribution in [2.24, 2.45) is 0 Å². The number of rotatable bonds is 5. The summed E-state index contributed by atoms with van der Waals surface area (Å²) in [5.41, 5.74) is 3.74. The molecule has 3 aromatic rings. The van der Waals surface area contributed by atoms with Crippen molar-refractivity contribution < 1.29 is 9.53 Å². The Labute approximate surface area is 165 Å². The maximum Gasteiger partial charge on any atom is 0.264 e. The number of aryl methyl sites for hydroxylation is 2. The number of nitrogens with zero attached hydrogens (tertiary/aromatic N) is 1. The third-order valence-corrected chi connectivity index (χ3v) is 5.11. The highest BCUT2D eigenvalue weighted by Crippen LogP contribution is 2.32. The molecular weight excluding hydrogens is 391 g/mol. The number of nitrogens with one attached hydrogen (secondary N) is 1. The molecule has 134 valence electrons. The van der Waals surface area contributed by atoms with Gasteiger partial charge in [0.15, 0.2) is 11.7 Å². The molecule has 0 aliphatic heterocycles. The first-order valence-electron chi connectivity index (χ1n) is 7.83. The topological polar surface area (TPSA) is 51.2 Å². The highest BCUT2D eigenvalue weighted by atomic mass is 35.5. The first kappa shape index (κ1) is 18.7. The fourth-order valence-corrected chi connectivity index (χ4v) is 3.49. The van der Waals surface area contributed by atoms with E-state index in [0.29, 0.717) is 26.6 Å². The molecule has 1 N–H and O–H groups in total. The average Bonchev–Trinajstić information content (AvgIpc) is 3.04. The summed E-state index contributed by atoms with van der Waals surface area (Å²) < 4.78 is 5.53. The molecule has 7 heteroatoms. The summed E-state index contributed by atoms with van der Waals surface area (Å²) in [4.78, 5) is 16.5. The Hall–Kier alpha value is -2.08. The normalized spacial score (nSPS) is 10.6. The van der Waals surface area contributed by atoms with Gasteiger partial charge in [0.05, 0.1) is 10.7 Å². The zero-order chi connectivity index (χ0) is 18.7. The Morgan fingerprint density at radius 1 is 1.15 bits per heavy atom. The lowest BCUT2D eigenvalue weighted by Crippen LogP contribution is -2.20. The maximum absolute atomic E-state index is 12.1. The molecule has 26 heavy (non-hydrogen) atoms. The molecule has 3 rings (SSSR count). The van der Waals surface area contributed by atoms with E-state index in [9.17, 15) is 4.79 Å². The number of amides is 1. The number of aromatic nitrogens is 1. The van der Waals surface area contributed by atoms with E-state index < -0.39 is 0 Å². The highest BCUT2D eigenvalue weighted by molar-refractivity contribution is 7.14. The molecule has 0 atom stereocenters. The molecule has 0 unspecified atom stereocenters. The molecule has 0 radical (unpaired) electrons. The summed E-state index contributed by atoms with van der Waals surface area (Å²) in [6, 6.07) is 10.9. The van der Waals surface area contributed by atoms with Crippen molar-refractivity contribution in [1.29, 1.82) is 0 Å². The second-order valence-electron chi connectivity index (χ2n) is 5.74. The Bertz CT molecular complexity index is 956. The van der Waals surface area contributed by atoms with Gasteiger partial charge >= 0.3 is 0 Å². The van der Waals surface area contributed by atoms with Gasteiger partial charge in [0.25, 0.3) is 5.91 Å². The summed E-state index contributed by atoms with van der Waals surface area (Å²) in [5.74, 6) is 0.391. The van der Waals surface area contributed by atoms with Gasteiger partial charge in [-0.15, -0.1) is 11.3 Å². The lowest BCUT2D eigenvalue weighted by molar-refractivity contribution is -0.118. The predicted octanol–water partition coefficient (Wildman–Crippen LogP) is 5.75. The van der Waals surface area contributed by atoms with Crippen LogP contribution in [-0.4, -0.2) is 17.5 Å². The molecule has 1 aromatic heterocycles. The van der Waals surface area contributed by atoms with Crippen LogP contribution in [0.3, 0.4) is 0 Å². The van der Waals surface area contributed by atoms with Crippen LogP contribution < -0.4 is 10.1 Å². The molecular formula is C19H16Cl2N2O2S. The van der Waals surface area contributed by atoms with E-state index in [-0.39, 0.29) is 12.5 Å². The van der Waals surface area contributed by atoms with Crippen molar-refractivity contribution >= 4 is 45.6 Å². The van der Waals surface area contributed by atoms with E-state index in [1.807, 2.05) is 37.4 Å². The maximum atomic E-state index is 12.1. The first-order chi connectivity index (χ1) is 12.4. The smallest absolute Gasteiger partial charge is 0.264 e. The Balaban J connectivity index is 1.61. The van der Waals surface area contributed by atoms with Crippen molar-refractivity contribution in [3.05, 3.63) is 63.0 Å². The van der Waals surface area contributed by atoms with Gasteiger partial charge in [-0.3, -0.25) is 10.1 Å². The quantitative estimate of drug-likeness (QED) is 0.586. The highest BCUT2D eigenvalue weighted by Gasteiger charge is 2.11. The Morgan fingerprint density at radius 3 is 2.69 bits per heavy atom. The third-order valence-electron chi connectivity index (χ3n) is 3.81. The summed E-state index contributed by atoms with van der Waals surface area (Å²) in [6.07, 6.45) is 0. The van der Waals surface area contributed by atoms with Gasteiger partial charge in [0, 0.05) is 16.0 Å². The van der Waals surface area contributed by atoms with Crippen LogP contribution in [0.15, 0.2) is 41.8 Å². The van der Waals surface area contributed by atoms with Gasteiger partial charge in [-0.1, -0.05) is 29.3 Å². The molecule has 0 saturated carbocycles. The minimum Gasteiger partial charge on any atom is -0.484 e. The second-order valence-corrected chi connectivity index (χ2v) is 7.45. The number of hydrogen-bond acceptors (Lipinski definition) is 4. The van der Waals surface area contributed by atoms with E-state index >= 15 is 0 Å². The Morgan fingerprint density at radius 2 is 1.96 bits per heavy atom. The third kappa shape index (κ3) is 4.55. The molecule has 0 saturated heterocycles. The molecule has 4 nitrogen and oxygen atoms in total. The zero-order valence-corrected chi connectivity index (χ0v) is 16.5. The number of benzene rings is 2. The number of thiazole rings is 1. The van der Waals surface area contributed by atoms with Crippen LogP contribution in [0.1, 0.15) is 11.1 Å². The van der Waals surface area contributed by atoms with Crippen LogP contribution in [-0.2, 0) is 4.79 Å². The van der Waals surface area contributed by atoms with Gasteiger partial charge in [-0.25, -0.2) is 4.98 Å². The minimum absolute atomic E-state index is 0.0842. The van der Waals surface area contributed by atoms with Gasteiger partial charge in [0.1, 0.15) is 5.75 Å². The molecule has 2 aromatic carbocycles. The van der Waals surface area contributed by atoms with Crippen molar-refractivity contribution in [2.75, 3.05) is 11.9 Å². The van der Waals surface area contributed by atoms with Crippen LogP contribution in [0.4, 0.5) is 5.13 Å². The lowest BCUT2D eigenvalue weighted by atomic mass is 10.1. The van der Waals surface area contributed by atoms with E-state index in [0.717, 1.165) is 11.1 Å².